The highest BCUT2D eigenvalue weighted by atomic mass is 16.4. The van der Waals surface area contributed by atoms with Gasteiger partial charge in [-0.25, -0.2) is 9.78 Å². The number of nitrogens with zero attached hydrogens (tertiary/aromatic N) is 1. The number of carboxylic acid groups (broad SMARTS) is 3. The van der Waals surface area contributed by atoms with Crippen molar-refractivity contribution in [2.75, 3.05) is 0 Å². The summed E-state index contributed by atoms with van der Waals surface area (Å²) in [7, 11) is 0. The highest BCUT2D eigenvalue weighted by molar-refractivity contribution is 5.94. The van der Waals surface area contributed by atoms with Gasteiger partial charge in [0.15, 0.2) is 0 Å². The zero-order valence-electron chi connectivity index (χ0n) is 20.6. The Kier molecular flexibility index (Phi) is 12.7. The number of hydrogen-bond acceptors (Lipinski definition) is 8. The van der Waals surface area contributed by atoms with E-state index in [0.29, 0.717) is 5.69 Å². The molecule has 0 aliphatic carbocycles. The van der Waals surface area contributed by atoms with E-state index < -0.39 is 72.6 Å². The van der Waals surface area contributed by atoms with Crippen LogP contribution in [0, 0.1) is 5.92 Å². The van der Waals surface area contributed by atoms with Crippen LogP contribution in [0.4, 0.5) is 0 Å². The largest absolute Gasteiger partial charge is 0.481 e. The van der Waals surface area contributed by atoms with Crippen molar-refractivity contribution in [1.82, 2.24) is 25.9 Å². The van der Waals surface area contributed by atoms with E-state index in [0.717, 1.165) is 0 Å². The van der Waals surface area contributed by atoms with Crippen LogP contribution in [-0.4, -0.2) is 85.1 Å². The molecule has 15 nitrogen and oxygen atoms in total. The van der Waals surface area contributed by atoms with E-state index in [2.05, 4.69) is 25.9 Å². The molecule has 3 amide bonds. The minimum absolute atomic E-state index is 0.0508. The second kappa shape index (κ2) is 15.2. The molecule has 0 radical (unpaired) electrons. The fourth-order valence-electron chi connectivity index (χ4n) is 3.32. The first-order chi connectivity index (χ1) is 17.3. The maximum Gasteiger partial charge on any atom is 0.326 e. The summed E-state index contributed by atoms with van der Waals surface area (Å²) in [5.74, 6) is -6.55. The summed E-state index contributed by atoms with van der Waals surface area (Å²) in [5.41, 5.74) is 6.42. The molecule has 0 fully saturated rings. The van der Waals surface area contributed by atoms with Gasteiger partial charge in [0, 0.05) is 31.2 Å². The van der Waals surface area contributed by atoms with E-state index in [1.165, 1.54) is 12.5 Å². The molecule has 206 valence electrons. The zero-order valence-corrected chi connectivity index (χ0v) is 20.6. The quantitative estimate of drug-likeness (QED) is 0.117. The van der Waals surface area contributed by atoms with Crippen LogP contribution in [0.2, 0.25) is 0 Å². The molecule has 9 N–H and O–H groups in total. The van der Waals surface area contributed by atoms with Crippen molar-refractivity contribution in [2.24, 2.45) is 11.7 Å². The fourth-order valence-corrected chi connectivity index (χ4v) is 3.32. The second-order valence-corrected chi connectivity index (χ2v) is 8.90. The van der Waals surface area contributed by atoms with Crippen molar-refractivity contribution < 1.29 is 44.1 Å². The van der Waals surface area contributed by atoms with Crippen molar-refractivity contribution in [1.29, 1.82) is 0 Å². The molecule has 0 bridgehead atoms. The number of amides is 3. The average molecular weight is 527 g/mol. The molecule has 0 saturated carbocycles. The summed E-state index contributed by atoms with van der Waals surface area (Å²) >= 11 is 0. The van der Waals surface area contributed by atoms with Crippen LogP contribution in [0.15, 0.2) is 12.5 Å². The summed E-state index contributed by atoms with van der Waals surface area (Å²) in [5, 5.41) is 34.4. The van der Waals surface area contributed by atoms with Crippen LogP contribution in [0.3, 0.4) is 0 Å². The number of H-pyrrole nitrogens is 1. The third-order valence-electron chi connectivity index (χ3n) is 5.21. The van der Waals surface area contributed by atoms with Gasteiger partial charge in [-0.15, -0.1) is 0 Å². The van der Waals surface area contributed by atoms with Gasteiger partial charge in [0.1, 0.15) is 18.1 Å². The topological polar surface area (TPSA) is 254 Å². The van der Waals surface area contributed by atoms with Crippen molar-refractivity contribution in [3.8, 4) is 0 Å². The van der Waals surface area contributed by atoms with Gasteiger partial charge in [0.2, 0.25) is 17.7 Å². The minimum atomic E-state index is -1.46. The van der Waals surface area contributed by atoms with Crippen molar-refractivity contribution >= 4 is 35.6 Å². The van der Waals surface area contributed by atoms with Crippen LogP contribution in [0.25, 0.3) is 0 Å². The molecule has 0 saturated heterocycles. The SMILES string of the molecule is CC(C)C[C@H](NC(=O)[C@H](CCC(=O)O)NC(=O)[C@H](CCC(=O)O)NC(=O)[C@@H](N)Cc1cnc[nH]1)C(=O)O. The number of aliphatic carboxylic acids is 3. The maximum absolute atomic E-state index is 13.0. The van der Waals surface area contributed by atoms with Crippen LogP contribution < -0.4 is 21.7 Å². The lowest BCUT2D eigenvalue weighted by Gasteiger charge is -2.25. The number of nitrogens with one attached hydrogen (secondary N) is 4. The Morgan fingerprint density at radius 3 is 1.76 bits per heavy atom. The Morgan fingerprint density at radius 2 is 1.35 bits per heavy atom. The van der Waals surface area contributed by atoms with Crippen molar-refractivity contribution in [2.45, 2.75) is 76.5 Å². The summed E-state index contributed by atoms with van der Waals surface area (Å²) in [6.07, 6.45) is 1.24. The Hall–Kier alpha value is -4.01. The van der Waals surface area contributed by atoms with Gasteiger partial charge in [-0.05, 0) is 25.2 Å². The van der Waals surface area contributed by atoms with E-state index in [9.17, 15) is 33.9 Å². The standard InChI is InChI=1S/C22H34N6O9/c1-11(2)7-16(22(36)37)28-21(35)15(4-6-18(31)32)27-20(34)14(3-5-17(29)30)26-19(33)13(23)8-12-9-24-10-25-12/h9-11,13-16H,3-8,23H2,1-2H3,(H,24,25)(H,26,33)(H,27,34)(H,28,35)(H,29,30)(H,31,32)(H,36,37)/t13-,14-,15-,16-/m0/s1. The van der Waals surface area contributed by atoms with Crippen LogP contribution in [0.1, 0.15) is 51.6 Å². The molecule has 4 atom stereocenters. The number of hydrogen-bond donors (Lipinski definition) is 8. The monoisotopic (exact) mass is 526 g/mol. The third kappa shape index (κ3) is 12.0. The number of aromatic nitrogens is 2. The summed E-state index contributed by atoms with van der Waals surface area (Å²) < 4.78 is 0. The highest BCUT2D eigenvalue weighted by Gasteiger charge is 2.31. The van der Waals surface area contributed by atoms with Gasteiger partial charge in [-0.3, -0.25) is 24.0 Å². The molecule has 0 aliphatic rings. The third-order valence-corrected chi connectivity index (χ3v) is 5.21. The summed E-state index contributed by atoms with van der Waals surface area (Å²) in [4.78, 5) is 78.6. The molecule has 0 aromatic carbocycles. The lowest BCUT2D eigenvalue weighted by atomic mass is 10.0. The Balaban J connectivity index is 3.01. The Morgan fingerprint density at radius 1 is 0.865 bits per heavy atom. The first-order valence-corrected chi connectivity index (χ1v) is 11.6. The van der Waals surface area contributed by atoms with E-state index in [-0.39, 0.29) is 31.6 Å². The normalized spacial score (nSPS) is 14.2. The predicted molar refractivity (Wildman–Crippen MR) is 127 cm³/mol. The molecule has 15 heteroatoms. The summed E-state index contributed by atoms with van der Waals surface area (Å²) in [6.45, 7) is 3.50. The Labute approximate surface area is 212 Å². The van der Waals surface area contributed by atoms with Crippen LogP contribution in [-0.2, 0) is 35.2 Å². The Bertz CT molecular complexity index is 950. The molecule has 1 aromatic rings. The molecule has 0 aliphatic heterocycles. The highest BCUT2D eigenvalue weighted by Crippen LogP contribution is 2.08. The first kappa shape index (κ1) is 31.0. The molecule has 0 spiro atoms. The maximum atomic E-state index is 13.0. The predicted octanol–water partition coefficient (Wildman–Crippen LogP) is -1.41. The first-order valence-electron chi connectivity index (χ1n) is 11.6. The van der Waals surface area contributed by atoms with Gasteiger partial charge < -0.3 is 42.0 Å². The number of nitrogens with two attached hydrogens (primary N) is 1. The second-order valence-electron chi connectivity index (χ2n) is 8.90. The summed E-state index contributed by atoms with van der Waals surface area (Å²) in [6, 6.07) is -5.26. The number of carbonyl (C=O) groups excluding carboxylic acids is 3. The minimum Gasteiger partial charge on any atom is -0.481 e. The molecule has 1 aromatic heterocycles. The molecule has 37 heavy (non-hydrogen) atoms. The smallest absolute Gasteiger partial charge is 0.326 e. The number of aromatic amines is 1. The van der Waals surface area contributed by atoms with Gasteiger partial charge in [0.25, 0.3) is 0 Å². The van der Waals surface area contributed by atoms with E-state index in [1.807, 2.05) is 0 Å². The van der Waals surface area contributed by atoms with E-state index >= 15 is 0 Å². The number of rotatable bonds is 17. The molecule has 0 unspecified atom stereocenters. The lowest BCUT2D eigenvalue weighted by molar-refractivity contribution is -0.143. The fraction of sp³-hybridized carbons (Fsp3) is 0.591. The number of carbonyl (C=O) groups is 6. The number of imidazole rings is 1. The van der Waals surface area contributed by atoms with Crippen LogP contribution >= 0.6 is 0 Å². The van der Waals surface area contributed by atoms with Gasteiger partial charge in [-0.2, -0.15) is 0 Å². The molecular formula is C22H34N6O9. The van der Waals surface area contributed by atoms with Gasteiger partial charge in [0.05, 0.1) is 12.4 Å². The van der Waals surface area contributed by atoms with E-state index in [4.69, 9.17) is 15.9 Å². The molecule has 1 rings (SSSR count). The van der Waals surface area contributed by atoms with E-state index in [1.54, 1.807) is 13.8 Å². The molecule has 1 heterocycles. The number of carboxylic acids is 3. The van der Waals surface area contributed by atoms with Crippen molar-refractivity contribution in [3.63, 3.8) is 0 Å². The van der Waals surface area contributed by atoms with Gasteiger partial charge in [-0.1, -0.05) is 13.8 Å². The molecular weight excluding hydrogens is 492 g/mol. The average Bonchev–Trinajstić information content (AvgIpc) is 3.30. The van der Waals surface area contributed by atoms with Crippen LogP contribution in [0.5, 0.6) is 0 Å². The lowest BCUT2D eigenvalue weighted by Crippen LogP contribution is -2.57. The van der Waals surface area contributed by atoms with Crippen molar-refractivity contribution in [3.05, 3.63) is 18.2 Å². The zero-order chi connectivity index (χ0) is 28.1. The van der Waals surface area contributed by atoms with Gasteiger partial charge >= 0.3 is 17.9 Å².